The maximum atomic E-state index is 12.7. The van der Waals surface area contributed by atoms with Gasteiger partial charge in [-0.1, -0.05) is 48.5 Å². The van der Waals surface area contributed by atoms with Crippen LogP contribution in [-0.4, -0.2) is 29.0 Å². The van der Waals surface area contributed by atoms with E-state index in [1.54, 1.807) is 0 Å². The summed E-state index contributed by atoms with van der Waals surface area (Å²) in [4.78, 5) is 14.5. The molecule has 1 amide bonds. The number of hydrogen-bond acceptors (Lipinski definition) is 1. The van der Waals surface area contributed by atoms with Crippen molar-refractivity contribution in [3.8, 4) is 0 Å². The van der Waals surface area contributed by atoms with E-state index in [1.165, 1.54) is 16.5 Å². The summed E-state index contributed by atoms with van der Waals surface area (Å²) in [5.74, 6) is 0.133. The van der Waals surface area contributed by atoms with Crippen LogP contribution in [0.1, 0.15) is 21.6 Å². The molecule has 22 heavy (non-hydrogen) atoms. The molecular weight excluding hydrogens is 272 g/mol. The molecule has 3 nitrogen and oxygen atoms in total. The molecule has 1 aliphatic rings. The molecule has 0 saturated carbocycles. The van der Waals surface area contributed by atoms with Crippen LogP contribution in [-0.2, 0) is 13.0 Å². The number of hydrogen-bond donors (Lipinski definition) is 0. The van der Waals surface area contributed by atoms with Crippen LogP contribution >= 0.6 is 0 Å². The van der Waals surface area contributed by atoms with Crippen molar-refractivity contribution in [3.05, 3.63) is 71.4 Å². The summed E-state index contributed by atoms with van der Waals surface area (Å²) >= 11 is 0. The van der Waals surface area contributed by atoms with Gasteiger partial charge in [0.1, 0.15) is 5.69 Å². The van der Waals surface area contributed by atoms with Gasteiger partial charge in [0, 0.05) is 31.0 Å². The van der Waals surface area contributed by atoms with Crippen molar-refractivity contribution in [2.45, 2.75) is 13.0 Å². The lowest BCUT2D eigenvalue weighted by atomic mass is 10.0. The topological polar surface area (TPSA) is 25.2 Å². The van der Waals surface area contributed by atoms with Gasteiger partial charge in [0.15, 0.2) is 0 Å². The summed E-state index contributed by atoms with van der Waals surface area (Å²) in [6.45, 7) is 1.53. The van der Waals surface area contributed by atoms with Crippen molar-refractivity contribution < 1.29 is 4.79 Å². The SMILES string of the molecule is CN1CCc2c(n(Cc3ccccc3)c3ccccc23)C1=O. The Morgan fingerprint density at radius 3 is 2.55 bits per heavy atom. The molecule has 0 saturated heterocycles. The summed E-state index contributed by atoms with van der Waals surface area (Å²) in [6.07, 6.45) is 0.930. The Morgan fingerprint density at radius 1 is 1.00 bits per heavy atom. The third kappa shape index (κ3) is 1.93. The van der Waals surface area contributed by atoms with E-state index in [0.29, 0.717) is 0 Å². The number of rotatable bonds is 2. The average Bonchev–Trinajstić information content (AvgIpc) is 2.87. The number of fused-ring (bicyclic) bond motifs is 3. The molecule has 1 aromatic heterocycles. The Labute approximate surface area is 129 Å². The first-order valence-electron chi connectivity index (χ1n) is 7.65. The largest absolute Gasteiger partial charge is 0.340 e. The first-order chi connectivity index (χ1) is 10.8. The Kier molecular flexibility index (Phi) is 3.00. The zero-order chi connectivity index (χ0) is 15.1. The van der Waals surface area contributed by atoms with Gasteiger partial charge >= 0.3 is 0 Å². The monoisotopic (exact) mass is 290 g/mol. The molecule has 0 bridgehead atoms. The Morgan fingerprint density at radius 2 is 1.73 bits per heavy atom. The van der Waals surface area contributed by atoms with E-state index < -0.39 is 0 Å². The molecule has 110 valence electrons. The molecule has 1 aliphatic heterocycles. The second-order valence-electron chi connectivity index (χ2n) is 5.89. The molecule has 4 rings (SSSR count). The lowest BCUT2D eigenvalue weighted by molar-refractivity contribution is 0.0770. The van der Waals surface area contributed by atoms with Gasteiger partial charge in [-0.3, -0.25) is 4.79 Å². The van der Waals surface area contributed by atoms with Crippen molar-refractivity contribution >= 4 is 16.8 Å². The van der Waals surface area contributed by atoms with Gasteiger partial charge < -0.3 is 9.47 Å². The Balaban J connectivity index is 1.95. The highest BCUT2D eigenvalue weighted by atomic mass is 16.2. The van der Waals surface area contributed by atoms with E-state index in [2.05, 4.69) is 34.9 Å². The van der Waals surface area contributed by atoms with Gasteiger partial charge in [0.2, 0.25) is 0 Å². The zero-order valence-electron chi connectivity index (χ0n) is 12.6. The second-order valence-corrected chi connectivity index (χ2v) is 5.89. The van der Waals surface area contributed by atoms with E-state index >= 15 is 0 Å². The van der Waals surface area contributed by atoms with Gasteiger partial charge in [-0.15, -0.1) is 0 Å². The number of carbonyl (C=O) groups is 1. The van der Waals surface area contributed by atoms with Crippen LogP contribution < -0.4 is 0 Å². The van der Waals surface area contributed by atoms with Gasteiger partial charge in [0.05, 0.1) is 0 Å². The van der Waals surface area contributed by atoms with Crippen LogP contribution in [0.2, 0.25) is 0 Å². The van der Waals surface area contributed by atoms with Crippen LogP contribution in [0.15, 0.2) is 54.6 Å². The minimum Gasteiger partial charge on any atom is -0.340 e. The van der Waals surface area contributed by atoms with E-state index in [4.69, 9.17) is 0 Å². The molecule has 3 heteroatoms. The first kappa shape index (κ1) is 13.1. The highest BCUT2D eigenvalue weighted by Gasteiger charge is 2.28. The molecule has 2 aromatic carbocycles. The summed E-state index contributed by atoms with van der Waals surface area (Å²) < 4.78 is 2.18. The molecule has 0 spiro atoms. The summed E-state index contributed by atoms with van der Waals surface area (Å²) in [5.41, 5.74) is 4.43. The number of amides is 1. The lowest BCUT2D eigenvalue weighted by Crippen LogP contribution is -2.35. The van der Waals surface area contributed by atoms with E-state index in [-0.39, 0.29) is 5.91 Å². The predicted octanol–water partition coefficient (Wildman–Crippen LogP) is 3.32. The summed E-state index contributed by atoms with van der Waals surface area (Å²) in [6, 6.07) is 18.7. The number of nitrogens with zero attached hydrogens (tertiary/aromatic N) is 2. The normalized spacial score (nSPS) is 14.4. The molecule has 0 radical (unpaired) electrons. The fourth-order valence-corrected chi connectivity index (χ4v) is 3.36. The lowest BCUT2D eigenvalue weighted by Gasteiger charge is -2.24. The van der Waals surface area contributed by atoms with E-state index in [9.17, 15) is 4.79 Å². The van der Waals surface area contributed by atoms with Crippen molar-refractivity contribution in [1.29, 1.82) is 0 Å². The molecule has 0 atom stereocenters. The van der Waals surface area contributed by atoms with Gasteiger partial charge in [-0.05, 0) is 23.6 Å². The quantitative estimate of drug-likeness (QED) is 0.711. The van der Waals surface area contributed by atoms with Crippen LogP contribution in [0.5, 0.6) is 0 Å². The van der Waals surface area contributed by atoms with Crippen LogP contribution in [0, 0.1) is 0 Å². The third-order valence-corrected chi connectivity index (χ3v) is 4.51. The number of benzene rings is 2. The first-order valence-corrected chi connectivity index (χ1v) is 7.65. The number of likely N-dealkylation sites (N-methyl/N-ethyl adjacent to an activating group) is 1. The molecule has 0 N–H and O–H groups in total. The molecule has 2 heterocycles. The van der Waals surface area contributed by atoms with E-state index in [0.717, 1.165) is 30.7 Å². The standard InChI is InChI=1S/C19H18N2O/c1-20-12-11-16-15-9-5-6-10-17(15)21(18(16)19(20)22)13-14-7-3-2-4-8-14/h2-10H,11-13H2,1H3. The molecule has 0 aliphatic carbocycles. The maximum Gasteiger partial charge on any atom is 0.270 e. The summed E-state index contributed by atoms with van der Waals surface area (Å²) in [5, 5.41) is 1.22. The van der Waals surface area contributed by atoms with Gasteiger partial charge in [-0.25, -0.2) is 0 Å². The van der Waals surface area contributed by atoms with Crippen molar-refractivity contribution in [3.63, 3.8) is 0 Å². The van der Waals surface area contributed by atoms with Gasteiger partial charge in [0.25, 0.3) is 5.91 Å². The maximum absolute atomic E-state index is 12.7. The Hall–Kier alpha value is -2.55. The smallest absolute Gasteiger partial charge is 0.270 e. The highest BCUT2D eigenvalue weighted by molar-refractivity contribution is 6.02. The highest BCUT2D eigenvalue weighted by Crippen LogP contribution is 2.31. The van der Waals surface area contributed by atoms with Crippen LogP contribution in [0.4, 0.5) is 0 Å². The van der Waals surface area contributed by atoms with Crippen LogP contribution in [0.3, 0.4) is 0 Å². The van der Waals surface area contributed by atoms with Crippen molar-refractivity contribution in [1.82, 2.24) is 9.47 Å². The minimum absolute atomic E-state index is 0.133. The number of carbonyl (C=O) groups excluding carboxylic acids is 1. The van der Waals surface area contributed by atoms with Crippen LogP contribution in [0.25, 0.3) is 10.9 Å². The van der Waals surface area contributed by atoms with Gasteiger partial charge in [-0.2, -0.15) is 0 Å². The van der Waals surface area contributed by atoms with Crippen molar-refractivity contribution in [2.24, 2.45) is 0 Å². The second kappa shape index (κ2) is 5.02. The Bertz CT molecular complexity index is 849. The molecule has 3 aromatic rings. The number of para-hydroxylation sites is 1. The third-order valence-electron chi connectivity index (χ3n) is 4.51. The molecular formula is C19H18N2O. The van der Waals surface area contributed by atoms with Crippen molar-refractivity contribution in [2.75, 3.05) is 13.6 Å². The average molecular weight is 290 g/mol. The van der Waals surface area contributed by atoms with E-state index in [1.807, 2.05) is 36.2 Å². The fraction of sp³-hybridized carbons (Fsp3) is 0.211. The molecule has 0 unspecified atom stereocenters. The predicted molar refractivity (Wildman–Crippen MR) is 88.1 cm³/mol. The fourth-order valence-electron chi connectivity index (χ4n) is 3.36. The summed E-state index contributed by atoms with van der Waals surface area (Å²) in [7, 11) is 1.88. The number of aromatic nitrogens is 1. The minimum atomic E-state index is 0.133. The molecule has 0 fully saturated rings. The zero-order valence-corrected chi connectivity index (χ0v) is 12.6.